The lowest BCUT2D eigenvalue weighted by molar-refractivity contribution is 0.134. The Morgan fingerprint density at radius 2 is 0.950 bits per heavy atom. The van der Waals surface area contributed by atoms with E-state index in [4.69, 9.17) is 0 Å². The zero-order valence-electron chi connectivity index (χ0n) is 14.3. The van der Waals surface area contributed by atoms with Gasteiger partial charge in [0.05, 0.1) is 14.4 Å². The molecule has 4 aliphatic rings. The second-order valence-electron chi connectivity index (χ2n) is 6.21. The summed E-state index contributed by atoms with van der Waals surface area (Å²) in [4.78, 5) is 8.26. The van der Waals surface area contributed by atoms with Crippen LogP contribution in [-0.2, 0) is 0 Å². The van der Waals surface area contributed by atoms with Crippen molar-refractivity contribution in [1.82, 2.24) is 19.6 Å². The lowest BCUT2D eigenvalue weighted by atomic mass is 10.2. The third-order valence-corrected chi connectivity index (χ3v) is 5.00. The van der Waals surface area contributed by atoms with Crippen LogP contribution >= 0.6 is 0 Å². The molecule has 4 nitrogen and oxygen atoms in total. The minimum absolute atomic E-state index is 0.817. The first-order chi connectivity index (χ1) is 10.5. The number of rotatable bonds is 0. The second kappa shape index (κ2) is 4.61. The van der Waals surface area contributed by atoms with Crippen molar-refractivity contribution in [2.24, 2.45) is 0 Å². The van der Waals surface area contributed by atoms with Crippen molar-refractivity contribution in [1.29, 1.82) is 0 Å². The van der Waals surface area contributed by atoms with Gasteiger partial charge in [0, 0.05) is 26.2 Å². The summed E-state index contributed by atoms with van der Waals surface area (Å²) >= 11 is 0. The maximum Gasteiger partial charge on any atom is 0.144 e. The van der Waals surface area contributed by atoms with Gasteiger partial charge in [-0.2, -0.15) is 0 Å². The van der Waals surface area contributed by atoms with Crippen LogP contribution in [-0.4, -0.2) is 58.1 Å². The molecule has 0 radical (unpaired) electrons. The normalized spacial score (nSPS) is 42.6. The van der Waals surface area contributed by atoms with Crippen molar-refractivity contribution in [2.45, 2.75) is 50.8 Å². The summed E-state index contributed by atoms with van der Waals surface area (Å²) in [5.41, 5.74) is 0. The molecular weight excluding hydrogens is 248 g/mol. The van der Waals surface area contributed by atoms with Gasteiger partial charge in [0.1, 0.15) is 12.3 Å². The molecule has 110 valence electrons. The predicted molar refractivity (Wildman–Crippen MR) is 80.4 cm³/mol. The van der Waals surface area contributed by atoms with Gasteiger partial charge in [-0.25, -0.2) is 0 Å². The average Bonchev–Trinajstić information content (AvgIpc) is 2.75. The van der Waals surface area contributed by atoms with E-state index in [2.05, 4.69) is 32.8 Å². The first-order valence-electron chi connectivity index (χ1n) is 9.01. The Kier molecular flexibility index (Phi) is 2.40. The molecule has 4 fully saturated rings. The van der Waals surface area contributed by atoms with Crippen LogP contribution < -0.4 is 0 Å². The first kappa shape index (κ1) is 10.4. The first-order valence-corrected chi connectivity index (χ1v) is 8.01. The molecule has 0 spiro atoms. The van der Waals surface area contributed by atoms with Gasteiger partial charge in [0.25, 0.3) is 0 Å². The topological polar surface area (TPSA) is 13.0 Å². The fourth-order valence-electron chi connectivity index (χ4n) is 3.93. The van der Waals surface area contributed by atoms with Crippen molar-refractivity contribution in [3.8, 4) is 0 Å². The smallest absolute Gasteiger partial charge is 0.144 e. The van der Waals surface area contributed by atoms with Gasteiger partial charge in [0.15, 0.2) is 0 Å². The molecule has 0 saturated carbocycles. The summed E-state index contributed by atoms with van der Waals surface area (Å²) in [5, 5.41) is 0. The summed E-state index contributed by atoms with van der Waals surface area (Å²) < 4.78 is 18.7. The van der Waals surface area contributed by atoms with Crippen LogP contribution in [0.3, 0.4) is 0 Å². The van der Waals surface area contributed by atoms with E-state index in [1.165, 1.54) is 0 Å². The van der Waals surface area contributed by atoms with E-state index in [9.17, 15) is 2.74 Å². The summed E-state index contributed by atoms with van der Waals surface area (Å²) in [6.07, 6.45) is 4.38. The molecule has 0 unspecified atom stereocenters. The van der Waals surface area contributed by atoms with Crippen LogP contribution in [0.4, 0.5) is 0 Å². The maximum atomic E-state index is 9.36. The van der Waals surface area contributed by atoms with E-state index in [1.54, 1.807) is 0 Å². The predicted octanol–water partition coefficient (Wildman–Crippen LogP) is 2.18. The van der Waals surface area contributed by atoms with E-state index < -0.39 is 12.3 Å². The van der Waals surface area contributed by atoms with Crippen LogP contribution in [0.1, 0.15) is 41.3 Å². The third-order valence-electron chi connectivity index (χ3n) is 5.00. The van der Waals surface area contributed by atoms with Gasteiger partial charge in [0.2, 0.25) is 0 Å². The van der Waals surface area contributed by atoms with E-state index in [0.717, 1.165) is 76.3 Å². The summed E-state index contributed by atoms with van der Waals surface area (Å²) in [5.74, 6) is 1.71. The summed E-state index contributed by atoms with van der Waals surface area (Å²) in [6.45, 7) is 11.8. The van der Waals surface area contributed by atoms with E-state index in [0.29, 0.717) is 0 Å². The molecule has 4 saturated heterocycles. The largest absolute Gasteiger partial charge is 0.335 e. The highest BCUT2D eigenvalue weighted by Crippen LogP contribution is 2.43. The fourth-order valence-corrected chi connectivity index (χ4v) is 3.93. The third kappa shape index (κ3) is 1.60. The number of nitrogens with zero attached hydrogens (tertiary/aromatic N) is 4. The molecule has 0 aromatic heterocycles. The molecule has 0 aromatic rings. The average molecular weight is 276 g/mol. The SMILES string of the molecule is [2H][C@]12N3CCCCCN(C3=C)[C@@]1([2H])N1CCCCCN2C1=C. The van der Waals surface area contributed by atoms with Crippen LogP contribution in [0.2, 0.25) is 0 Å². The molecule has 0 N–H and O–H groups in total. The maximum absolute atomic E-state index is 9.36. The van der Waals surface area contributed by atoms with Gasteiger partial charge in [-0.3, -0.25) is 0 Å². The summed E-state index contributed by atoms with van der Waals surface area (Å²) in [6, 6.07) is 0. The lowest BCUT2D eigenvalue weighted by Gasteiger charge is -2.37. The highest BCUT2D eigenvalue weighted by molar-refractivity contribution is 5.20. The molecular formula is C16H26N4. The lowest BCUT2D eigenvalue weighted by Crippen LogP contribution is -2.45. The molecule has 0 aliphatic carbocycles. The zero-order valence-corrected chi connectivity index (χ0v) is 12.3. The van der Waals surface area contributed by atoms with Crippen LogP contribution in [0.15, 0.2) is 24.8 Å². The van der Waals surface area contributed by atoms with E-state index >= 15 is 0 Å². The molecule has 4 rings (SSSR count). The monoisotopic (exact) mass is 276 g/mol. The Morgan fingerprint density at radius 3 is 1.25 bits per heavy atom. The van der Waals surface area contributed by atoms with Crippen molar-refractivity contribution in [2.75, 3.05) is 26.2 Å². The molecule has 4 aliphatic heterocycles. The van der Waals surface area contributed by atoms with Gasteiger partial charge in [-0.05, 0) is 38.5 Å². The second-order valence-corrected chi connectivity index (χ2v) is 6.21. The Bertz CT molecular complexity index is 442. The summed E-state index contributed by atoms with van der Waals surface area (Å²) in [7, 11) is 0. The standard InChI is InChI=1S/C16H26N4/c1-13-17-9-5-3-6-10-18(13)16-15(17)19-11-7-4-8-12-20(16)14(19)2/h15-16H,1-12H2/t15-,16+/i15D,16D. The molecule has 4 heterocycles. The minimum atomic E-state index is -1.12. The Hall–Kier alpha value is -1.32. The molecule has 20 heavy (non-hydrogen) atoms. The van der Waals surface area contributed by atoms with Crippen LogP contribution in [0.25, 0.3) is 0 Å². The molecule has 0 amide bonds. The zero-order chi connectivity index (χ0) is 15.5. The highest BCUT2D eigenvalue weighted by Gasteiger charge is 2.54. The molecule has 4 bridgehead atoms. The highest BCUT2D eigenvalue weighted by atomic mass is 15.7. The number of hydrogen-bond acceptors (Lipinski definition) is 4. The molecule has 0 atom stereocenters. The van der Waals surface area contributed by atoms with Gasteiger partial charge in [-0.15, -0.1) is 0 Å². The number of fused-ring (bicyclic) bond motifs is 9. The number of hydrogen-bond donors (Lipinski definition) is 0. The van der Waals surface area contributed by atoms with Crippen molar-refractivity contribution in [3.05, 3.63) is 24.8 Å². The van der Waals surface area contributed by atoms with Gasteiger partial charge in [-0.1, -0.05) is 13.2 Å². The molecule has 4 heteroatoms. The minimum Gasteiger partial charge on any atom is -0.335 e. The quantitative estimate of drug-likeness (QED) is 0.672. The van der Waals surface area contributed by atoms with E-state index in [-0.39, 0.29) is 0 Å². The van der Waals surface area contributed by atoms with Crippen LogP contribution in [0, 0.1) is 0 Å². The Balaban J connectivity index is 1.89. The van der Waals surface area contributed by atoms with Crippen molar-refractivity contribution < 1.29 is 2.74 Å². The van der Waals surface area contributed by atoms with Crippen molar-refractivity contribution in [3.63, 3.8) is 0 Å². The fraction of sp³-hybridized carbons (Fsp3) is 0.750. The van der Waals surface area contributed by atoms with Crippen LogP contribution in [0.5, 0.6) is 0 Å². The van der Waals surface area contributed by atoms with Crippen molar-refractivity contribution >= 4 is 0 Å². The Morgan fingerprint density at radius 1 is 0.650 bits per heavy atom. The Labute approximate surface area is 125 Å². The van der Waals surface area contributed by atoms with Gasteiger partial charge < -0.3 is 19.6 Å². The molecule has 0 aromatic carbocycles. The van der Waals surface area contributed by atoms with Gasteiger partial charge >= 0.3 is 0 Å². The van der Waals surface area contributed by atoms with E-state index in [1.807, 2.05) is 0 Å².